The summed E-state index contributed by atoms with van der Waals surface area (Å²) in [6.45, 7) is 1.44. The molecular weight excluding hydrogens is 270 g/mol. The Balaban J connectivity index is 1.94. The zero-order chi connectivity index (χ0) is 11.0. The van der Waals surface area contributed by atoms with Crippen molar-refractivity contribution >= 4 is 15.9 Å². The van der Waals surface area contributed by atoms with Crippen LogP contribution in [0.15, 0.2) is 16.6 Å². The molecule has 0 amide bonds. The monoisotopic (exact) mass is 283 g/mol. The fraction of sp³-hybridized carbons (Fsp3) is 0.500. The summed E-state index contributed by atoms with van der Waals surface area (Å²) in [5.74, 6) is 1.71. The lowest BCUT2D eigenvalue weighted by molar-refractivity contribution is 0.174. The van der Waals surface area contributed by atoms with Gasteiger partial charge in [0.1, 0.15) is 0 Å². The van der Waals surface area contributed by atoms with Crippen LogP contribution in [0, 0.1) is 0 Å². The molecule has 1 saturated heterocycles. The average molecular weight is 284 g/mol. The minimum Gasteiger partial charge on any atom is -0.454 e. The molecule has 3 nitrogen and oxygen atoms in total. The first kappa shape index (κ1) is 10.4. The van der Waals surface area contributed by atoms with E-state index in [1.165, 1.54) is 24.8 Å². The van der Waals surface area contributed by atoms with Crippen LogP contribution in [0.25, 0.3) is 0 Å². The molecule has 2 aliphatic heterocycles. The number of fused-ring (bicyclic) bond motifs is 1. The standard InChI is InChI=1S/C12H14BrNO2/c13-9-6-12-11(15-7-16-12)5-8(9)10-3-1-2-4-14-10/h5-6,10,14H,1-4,7H2/t10-/m1/s1. The molecule has 1 fully saturated rings. The number of nitrogens with one attached hydrogen (secondary N) is 1. The van der Waals surface area contributed by atoms with Gasteiger partial charge < -0.3 is 14.8 Å². The van der Waals surface area contributed by atoms with Gasteiger partial charge in [-0.2, -0.15) is 0 Å². The van der Waals surface area contributed by atoms with Gasteiger partial charge in [0, 0.05) is 10.5 Å². The third kappa shape index (κ3) is 1.80. The second-order valence-electron chi connectivity index (χ2n) is 4.23. The molecule has 86 valence electrons. The first-order valence-electron chi connectivity index (χ1n) is 5.67. The maximum absolute atomic E-state index is 5.41. The van der Waals surface area contributed by atoms with Gasteiger partial charge in [0.15, 0.2) is 11.5 Å². The molecule has 0 bridgehead atoms. The lowest BCUT2D eigenvalue weighted by Gasteiger charge is -2.24. The van der Waals surface area contributed by atoms with E-state index in [2.05, 4.69) is 27.3 Å². The smallest absolute Gasteiger partial charge is 0.231 e. The highest BCUT2D eigenvalue weighted by atomic mass is 79.9. The minimum atomic E-state index is 0.337. The van der Waals surface area contributed by atoms with Crippen molar-refractivity contribution in [3.05, 3.63) is 22.2 Å². The van der Waals surface area contributed by atoms with Crippen LogP contribution in [0.2, 0.25) is 0 Å². The third-order valence-electron chi connectivity index (χ3n) is 3.18. The molecule has 0 spiro atoms. The Bertz CT molecular complexity index is 402. The highest BCUT2D eigenvalue weighted by molar-refractivity contribution is 9.10. The van der Waals surface area contributed by atoms with Crippen molar-refractivity contribution in [2.75, 3.05) is 13.3 Å². The van der Waals surface area contributed by atoms with E-state index in [4.69, 9.17) is 9.47 Å². The third-order valence-corrected chi connectivity index (χ3v) is 3.86. The van der Waals surface area contributed by atoms with Gasteiger partial charge in [-0.25, -0.2) is 0 Å². The van der Waals surface area contributed by atoms with Gasteiger partial charge in [0.05, 0.1) is 0 Å². The molecule has 0 saturated carbocycles. The number of halogens is 1. The molecule has 2 heterocycles. The predicted molar refractivity (Wildman–Crippen MR) is 64.9 cm³/mol. The summed E-state index contributed by atoms with van der Waals surface area (Å²) in [6, 6.07) is 4.54. The quantitative estimate of drug-likeness (QED) is 0.860. The van der Waals surface area contributed by atoms with Crippen molar-refractivity contribution in [1.82, 2.24) is 5.32 Å². The van der Waals surface area contributed by atoms with Crippen LogP contribution in [0.5, 0.6) is 11.5 Å². The Morgan fingerprint density at radius 2 is 2.00 bits per heavy atom. The maximum Gasteiger partial charge on any atom is 0.231 e. The summed E-state index contributed by atoms with van der Waals surface area (Å²) in [7, 11) is 0. The fourth-order valence-electron chi connectivity index (χ4n) is 2.32. The summed E-state index contributed by atoms with van der Waals surface area (Å²) in [5.41, 5.74) is 1.28. The van der Waals surface area contributed by atoms with E-state index in [0.717, 1.165) is 22.5 Å². The summed E-state index contributed by atoms with van der Waals surface area (Å²) in [5, 5.41) is 3.54. The highest BCUT2D eigenvalue weighted by Crippen LogP contribution is 2.40. The van der Waals surface area contributed by atoms with Crippen molar-refractivity contribution in [3.63, 3.8) is 0 Å². The van der Waals surface area contributed by atoms with E-state index in [1.807, 2.05) is 6.07 Å². The Morgan fingerprint density at radius 1 is 1.19 bits per heavy atom. The van der Waals surface area contributed by atoms with Crippen LogP contribution >= 0.6 is 15.9 Å². The van der Waals surface area contributed by atoms with Crippen LogP contribution in [-0.4, -0.2) is 13.3 Å². The molecule has 0 unspecified atom stereocenters. The second-order valence-corrected chi connectivity index (χ2v) is 5.08. The number of benzene rings is 1. The number of rotatable bonds is 1. The van der Waals surface area contributed by atoms with E-state index in [0.29, 0.717) is 12.8 Å². The van der Waals surface area contributed by atoms with E-state index < -0.39 is 0 Å². The lowest BCUT2D eigenvalue weighted by atomic mass is 9.97. The van der Waals surface area contributed by atoms with E-state index in [1.54, 1.807) is 0 Å². The van der Waals surface area contributed by atoms with Crippen LogP contribution in [0.3, 0.4) is 0 Å². The molecule has 1 atom stereocenters. The molecule has 1 N–H and O–H groups in total. The molecule has 1 aromatic carbocycles. The Labute approximate surface area is 103 Å². The molecule has 4 heteroatoms. The molecule has 16 heavy (non-hydrogen) atoms. The summed E-state index contributed by atoms with van der Waals surface area (Å²) in [4.78, 5) is 0. The molecule has 0 aromatic heterocycles. The lowest BCUT2D eigenvalue weighted by Crippen LogP contribution is -2.26. The predicted octanol–water partition coefficient (Wildman–Crippen LogP) is 2.99. The van der Waals surface area contributed by atoms with Gasteiger partial charge in [0.2, 0.25) is 6.79 Å². The molecular formula is C12H14BrNO2. The molecule has 2 aliphatic rings. The second kappa shape index (κ2) is 4.26. The minimum absolute atomic E-state index is 0.337. The van der Waals surface area contributed by atoms with Gasteiger partial charge >= 0.3 is 0 Å². The van der Waals surface area contributed by atoms with Crippen LogP contribution < -0.4 is 14.8 Å². The number of ether oxygens (including phenoxy) is 2. The molecule has 3 rings (SSSR count). The van der Waals surface area contributed by atoms with E-state index in [-0.39, 0.29) is 0 Å². The van der Waals surface area contributed by atoms with Gasteiger partial charge in [-0.15, -0.1) is 0 Å². The number of hydrogen-bond donors (Lipinski definition) is 1. The van der Waals surface area contributed by atoms with Crippen molar-refractivity contribution in [2.45, 2.75) is 25.3 Å². The number of piperidine rings is 1. The molecule has 1 aromatic rings. The van der Waals surface area contributed by atoms with Gasteiger partial charge in [-0.05, 0) is 37.1 Å². The van der Waals surface area contributed by atoms with Gasteiger partial charge in [-0.3, -0.25) is 0 Å². The summed E-state index contributed by atoms with van der Waals surface area (Å²) >= 11 is 3.61. The summed E-state index contributed by atoms with van der Waals surface area (Å²) < 4.78 is 11.9. The summed E-state index contributed by atoms with van der Waals surface area (Å²) in [6.07, 6.45) is 3.76. The fourth-order valence-corrected chi connectivity index (χ4v) is 2.92. The normalized spacial score (nSPS) is 23.4. The highest BCUT2D eigenvalue weighted by Gasteiger charge is 2.22. The SMILES string of the molecule is Brc1cc2c(cc1[C@H]1CCCCN1)OCO2. The van der Waals surface area contributed by atoms with Crippen molar-refractivity contribution in [3.8, 4) is 11.5 Å². The van der Waals surface area contributed by atoms with Crippen LogP contribution in [0.4, 0.5) is 0 Å². The maximum atomic E-state index is 5.41. The largest absolute Gasteiger partial charge is 0.454 e. The molecule has 0 aliphatic carbocycles. The van der Waals surface area contributed by atoms with Crippen molar-refractivity contribution in [2.24, 2.45) is 0 Å². The van der Waals surface area contributed by atoms with Crippen molar-refractivity contribution in [1.29, 1.82) is 0 Å². The Hall–Kier alpha value is -0.740. The Kier molecular flexibility index (Phi) is 2.77. The van der Waals surface area contributed by atoms with Gasteiger partial charge in [-0.1, -0.05) is 22.4 Å². The Morgan fingerprint density at radius 3 is 2.75 bits per heavy atom. The van der Waals surface area contributed by atoms with E-state index >= 15 is 0 Å². The van der Waals surface area contributed by atoms with Crippen LogP contribution in [0.1, 0.15) is 30.9 Å². The molecule has 0 radical (unpaired) electrons. The topological polar surface area (TPSA) is 30.5 Å². The van der Waals surface area contributed by atoms with Crippen LogP contribution in [-0.2, 0) is 0 Å². The zero-order valence-corrected chi connectivity index (χ0v) is 10.5. The average Bonchev–Trinajstić information content (AvgIpc) is 2.76. The first-order valence-corrected chi connectivity index (χ1v) is 6.46. The number of hydrogen-bond acceptors (Lipinski definition) is 3. The van der Waals surface area contributed by atoms with E-state index in [9.17, 15) is 0 Å². The van der Waals surface area contributed by atoms with Gasteiger partial charge in [0.25, 0.3) is 0 Å². The van der Waals surface area contributed by atoms with Crippen molar-refractivity contribution < 1.29 is 9.47 Å². The zero-order valence-electron chi connectivity index (χ0n) is 8.96. The first-order chi connectivity index (χ1) is 7.84.